The van der Waals surface area contributed by atoms with Crippen LogP contribution in [0.4, 0.5) is 4.39 Å². The van der Waals surface area contributed by atoms with Crippen LogP contribution in [0.1, 0.15) is 56.1 Å². The minimum Gasteiger partial charge on any atom is -0.489 e. The summed E-state index contributed by atoms with van der Waals surface area (Å²) < 4.78 is 24.8. The molecule has 2 fully saturated rings. The van der Waals surface area contributed by atoms with Crippen LogP contribution in [0, 0.1) is 17.7 Å². The van der Waals surface area contributed by atoms with Crippen molar-refractivity contribution in [1.82, 2.24) is 4.90 Å². The zero-order chi connectivity index (χ0) is 27.1. The minimum absolute atomic E-state index is 0.0178. The van der Waals surface area contributed by atoms with Crippen molar-refractivity contribution in [1.29, 1.82) is 0 Å². The Bertz CT molecular complexity index is 1040. The Labute approximate surface area is 224 Å². The number of methoxy groups -OCH3 is 1. The highest BCUT2D eigenvalue weighted by molar-refractivity contribution is 5.79. The van der Waals surface area contributed by atoms with Crippen molar-refractivity contribution in [3.8, 4) is 5.75 Å². The fourth-order valence-corrected chi connectivity index (χ4v) is 5.97. The number of halogens is 1. The SMILES string of the molecule is COCCCC[C@@](O)(c1ccccc1OCc1ccc(F)cc1)[C@@H]1CCCN(C(=O)[C@H]2C[C@@H](N)[C@@H](O)C2)C1. The molecule has 5 atom stereocenters. The van der Waals surface area contributed by atoms with Crippen molar-refractivity contribution in [3.05, 3.63) is 65.5 Å². The number of piperidine rings is 1. The summed E-state index contributed by atoms with van der Waals surface area (Å²) in [5, 5.41) is 22.5. The Kier molecular flexibility index (Phi) is 9.76. The maximum Gasteiger partial charge on any atom is 0.225 e. The number of likely N-dealkylation sites (tertiary alicyclic amines) is 1. The molecule has 1 aliphatic heterocycles. The van der Waals surface area contributed by atoms with Gasteiger partial charge in [-0.15, -0.1) is 0 Å². The van der Waals surface area contributed by atoms with Gasteiger partial charge >= 0.3 is 0 Å². The average molecular weight is 529 g/mol. The van der Waals surface area contributed by atoms with E-state index in [9.17, 15) is 19.4 Å². The van der Waals surface area contributed by atoms with Gasteiger partial charge in [-0.25, -0.2) is 4.39 Å². The molecule has 7 nitrogen and oxygen atoms in total. The lowest BCUT2D eigenvalue weighted by Crippen LogP contribution is -2.49. The smallest absolute Gasteiger partial charge is 0.225 e. The first kappa shape index (κ1) is 28.5. The summed E-state index contributed by atoms with van der Waals surface area (Å²) in [6.07, 6.45) is 3.88. The Balaban J connectivity index is 1.55. The van der Waals surface area contributed by atoms with Crippen molar-refractivity contribution in [2.75, 3.05) is 26.8 Å². The minimum atomic E-state index is -1.21. The summed E-state index contributed by atoms with van der Waals surface area (Å²) in [6, 6.07) is 13.3. The first-order valence-electron chi connectivity index (χ1n) is 13.7. The number of carbonyl (C=O) groups is 1. The summed E-state index contributed by atoms with van der Waals surface area (Å²) >= 11 is 0. The zero-order valence-corrected chi connectivity index (χ0v) is 22.2. The molecule has 2 aromatic rings. The molecule has 0 aromatic heterocycles. The van der Waals surface area contributed by atoms with Crippen LogP contribution in [0.2, 0.25) is 0 Å². The van der Waals surface area contributed by atoms with Gasteiger partial charge in [0.25, 0.3) is 0 Å². The van der Waals surface area contributed by atoms with Crippen LogP contribution < -0.4 is 10.5 Å². The van der Waals surface area contributed by atoms with E-state index in [1.165, 1.54) is 12.1 Å². The molecule has 4 rings (SSSR count). The van der Waals surface area contributed by atoms with Crippen LogP contribution in [0.5, 0.6) is 5.75 Å². The molecule has 0 unspecified atom stereocenters. The highest BCUT2D eigenvalue weighted by Gasteiger charge is 2.44. The summed E-state index contributed by atoms with van der Waals surface area (Å²) in [6.45, 7) is 1.93. The molecule has 2 aliphatic rings. The summed E-state index contributed by atoms with van der Waals surface area (Å²) in [5.41, 5.74) is 6.30. The summed E-state index contributed by atoms with van der Waals surface area (Å²) in [7, 11) is 1.67. The molecule has 0 spiro atoms. The number of ether oxygens (including phenoxy) is 2. The third-order valence-corrected chi connectivity index (χ3v) is 8.15. The molecule has 1 heterocycles. The first-order chi connectivity index (χ1) is 18.3. The molecule has 1 amide bonds. The van der Waals surface area contributed by atoms with Gasteiger partial charge in [0.15, 0.2) is 0 Å². The van der Waals surface area contributed by atoms with E-state index in [1.807, 2.05) is 29.2 Å². The zero-order valence-electron chi connectivity index (χ0n) is 22.2. The fourth-order valence-electron chi connectivity index (χ4n) is 5.97. The number of rotatable bonds is 11. The number of hydrogen-bond acceptors (Lipinski definition) is 6. The van der Waals surface area contributed by atoms with E-state index in [0.717, 1.165) is 31.2 Å². The molecular weight excluding hydrogens is 487 g/mol. The predicted molar refractivity (Wildman–Crippen MR) is 143 cm³/mol. The van der Waals surface area contributed by atoms with Crippen molar-refractivity contribution in [3.63, 3.8) is 0 Å². The summed E-state index contributed by atoms with van der Waals surface area (Å²) in [4.78, 5) is 15.2. The Morgan fingerprint density at radius 3 is 2.63 bits per heavy atom. The number of aliphatic hydroxyl groups is 2. The Hall–Kier alpha value is -2.52. The van der Waals surface area contributed by atoms with Gasteiger partial charge in [0.2, 0.25) is 5.91 Å². The highest BCUT2D eigenvalue weighted by atomic mass is 19.1. The van der Waals surface area contributed by atoms with Crippen LogP contribution in [0.15, 0.2) is 48.5 Å². The number of hydrogen-bond donors (Lipinski definition) is 3. The van der Waals surface area contributed by atoms with Crippen molar-refractivity contribution in [2.45, 2.75) is 69.3 Å². The van der Waals surface area contributed by atoms with Crippen LogP contribution in [0.3, 0.4) is 0 Å². The Morgan fingerprint density at radius 2 is 1.92 bits per heavy atom. The number of para-hydroxylation sites is 1. The summed E-state index contributed by atoms with van der Waals surface area (Å²) in [5.74, 6) is -0.160. The second-order valence-electron chi connectivity index (χ2n) is 10.8. The van der Waals surface area contributed by atoms with Gasteiger partial charge in [0, 0.05) is 50.2 Å². The van der Waals surface area contributed by atoms with E-state index in [-0.39, 0.29) is 36.2 Å². The molecule has 38 heavy (non-hydrogen) atoms. The second-order valence-corrected chi connectivity index (χ2v) is 10.8. The molecule has 0 radical (unpaired) electrons. The lowest BCUT2D eigenvalue weighted by Gasteiger charge is -2.44. The highest BCUT2D eigenvalue weighted by Crippen LogP contribution is 2.44. The molecule has 208 valence electrons. The molecule has 0 bridgehead atoms. The maximum absolute atomic E-state index is 13.4. The van der Waals surface area contributed by atoms with Crippen LogP contribution in [-0.4, -0.2) is 60.0 Å². The third kappa shape index (κ3) is 6.72. The van der Waals surface area contributed by atoms with E-state index < -0.39 is 11.7 Å². The molecular formula is C30H41FN2O5. The number of carbonyl (C=O) groups excluding carboxylic acids is 1. The molecule has 2 aromatic carbocycles. The second kappa shape index (κ2) is 13.0. The number of unbranched alkanes of at least 4 members (excludes halogenated alkanes) is 1. The lowest BCUT2D eigenvalue weighted by atomic mass is 9.73. The van der Waals surface area contributed by atoms with E-state index in [1.54, 1.807) is 19.2 Å². The van der Waals surface area contributed by atoms with Gasteiger partial charge in [-0.1, -0.05) is 30.3 Å². The van der Waals surface area contributed by atoms with E-state index in [2.05, 4.69) is 0 Å². The topological polar surface area (TPSA) is 105 Å². The van der Waals surface area contributed by atoms with Gasteiger partial charge in [-0.2, -0.15) is 0 Å². The van der Waals surface area contributed by atoms with Gasteiger partial charge in [0.1, 0.15) is 18.2 Å². The predicted octanol–water partition coefficient (Wildman–Crippen LogP) is 3.75. The first-order valence-corrected chi connectivity index (χ1v) is 13.7. The average Bonchev–Trinajstić information content (AvgIpc) is 3.28. The normalized spacial score (nSPS) is 25.2. The van der Waals surface area contributed by atoms with E-state index >= 15 is 0 Å². The molecule has 8 heteroatoms. The van der Waals surface area contributed by atoms with E-state index in [4.69, 9.17) is 15.2 Å². The van der Waals surface area contributed by atoms with Crippen LogP contribution in [-0.2, 0) is 21.7 Å². The Morgan fingerprint density at radius 1 is 1.16 bits per heavy atom. The fraction of sp³-hybridized carbons (Fsp3) is 0.567. The largest absolute Gasteiger partial charge is 0.489 e. The molecule has 1 aliphatic carbocycles. The number of nitrogens with two attached hydrogens (primary N) is 1. The van der Waals surface area contributed by atoms with Gasteiger partial charge < -0.3 is 30.3 Å². The monoisotopic (exact) mass is 528 g/mol. The van der Waals surface area contributed by atoms with Crippen molar-refractivity contribution < 1.29 is 28.9 Å². The van der Waals surface area contributed by atoms with Gasteiger partial charge in [-0.05, 0) is 68.7 Å². The molecule has 1 saturated heterocycles. The third-order valence-electron chi connectivity index (χ3n) is 8.15. The lowest BCUT2D eigenvalue weighted by molar-refractivity contribution is -0.141. The maximum atomic E-state index is 13.4. The number of benzene rings is 2. The molecule has 1 saturated carbocycles. The van der Waals surface area contributed by atoms with E-state index in [0.29, 0.717) is 50.3 Å². The van der Waals surface area contributed by atoms with Gasteiger partial charge in [0.05, 0.1) is 11.7 Å². The molecule has 4 N–H and O–H groups in total. The number of nitrogens with zero attached hydrogens (tertiary/aromatic N) is 1. The van der Waals surface area contributed by atoms with Crippen LogP contribution in [0.25, 0.3) is 0 Å². The van der Waals surface area contributed by atoms with Crippen molar-refractivity contribution >= 4 is 5.91 Å². The number of amides is 1. The van der Waals surface area contributed by atoms with Crippen molar-refractivity contribution in [2.24, 2.45) is 17.6 Å². The quantitative estimate of drug-likeness (QED) is 0.384. The van der Waals surface area contributed by atoms with Crippen LogP contribution >= 0.6 is 0 Å². The standard InChI is InChI=1S/C30H41FN2O5/c1-37-16-5-4-14-30(36,23-7-6-15-33(19-23)29(35)22-17-26(32)27(34)18-22)25-8-2-3-9-28(25)38-20-21-10-12-24(31)13-11-21/h2-3,8-13,22-23,26-27,34,36H,4-7,14-20,32H2,1H3/t22-,23+,26+,27-,30-/m0/s1. The number of aliphatic hydroxyl groups excluding tert-OH is 1. The van der Waals surface area contributed by atoms with Gasteiger partial charge in [-0.3, -0.25) is 4.79 Å².